The van der Waals surface area contributed by atoms with Crippen molar-refractivity contribution >= 4 is 34.7 Å². The smallest absolute Gasteiger partial charge is 0.252 e. The average Bonchev–Trinajstić information content (AvgIpc) is 2.44. The maximum absolute atomic E-state index is 12.4. The second-order valence-corrected chi connectivity index (χ2v) is 6.22. The number of likely N-dealkylation sites (tertiary alicyclic amines) is 1. The van der Waals surface area contributed by atoms with E-state index in [4.69, 9.17) is 29.6 Å². The molecule has 0 aromatic heterocycles. The first-order chi connectivity index (χ1) is 9.84. The van der Waals surface area contributed by atoms with Crippen molar-refractivity contribution in [2.45, 2.75) is 18.4 Å². The summed E-state index contributed by atoms with van der Waals surface area (Å²) >= 11 is 11.0. The number of aromatic hydroxyl groups is 1. The minimum Gasteiger partial charge on any atom is -0.506 e. The van der Waals surface area contributed by atoms with E-state index in [2.05, 4.69) is 10.2 Å². The molecule has 1 aliphatic heterocycles. The lowest BCUT2D eigenvalue weighted by atomic mass is 9.87. The van der Waals surface area contributed by atoms with E-state index < -0.39 is 5.54 Å². The van der Waals surface area contributed by atoms with Crippen LogP contribution in [-0.4, -0.2) is 46.6 Å². The van der Waals surface area contributed by atoms with Gasteiger partial charge in [-0.15, -0.1) is 0 Å². The zero-order chi connectivity index (χ0) is 15.6. The molecule has 0 unspecified atom stereocenters. The zero-order valence-electron chi connectivity index (χ0n) is 11.7. The third-order valence-electron chi connectivity index (χ3n) is 3.87. The Morgan fingerprint density at radius 1 is 1.48 bits per heavy atom. The summed E-state index contributed by atoms with van der Waals surface area (Å²) in [6.07, 6.45) is 1.35. The van der Waals surface area contributed by atoms with Crippen LogP contribution in [0.2, 0.25) is 5.02 Å². The third kappa shape index (κ3) is 3.45. The number of halogens is 1. The van der Waals surface area contributed by atoms with Crippen LogP contribution in [0, 0.1) is 0 Å². The molecule has 4 N–H and O–H groups in total. The molecule has 21 heavy (non-hydrogen) atoms. The highest BCUT2D eigenvalue weighted by molar-refractivity contribution is 7.80. The van der Waals surface area contributed by atoms with Gasteiger partial charge in [0.15, 0.2) is 0 Å². The summed E-state index contributed by atoms with van der Waals surface area (Å²) in [6.45, 7) is 1.63. The Balaban J connectivity index is 2.19. The fraction of sp³-hybridized carbons (Fsp3) is 0.429. The van der Waals surface area contributed by atoms with Crippen LogP contribution >= 0.6 is 23.8 Å². The number of nitrogens with zero attached hydrogens (tertiary/aromatic N) is 1. The maximum atomic E-state index is 12.4. The Kier molecular flexibility index (Phi) is 4.70. The number of thiocarbonyl (C=S) groups is 1. The number of carbonyl (C=O) groups is 1. The highest BCUT2D eigenvalue weighted by Crippen LogP contribution is 2.26. The molecule has 2 rings (SSSR count). The largest absolute Gasteiger partial charge is 0.506 e. The van der Waals surface area contributed by atoms with Crippen LogP contribution in [0.25, 0.3) is 0 Å². The van der Waals surface area contributed by atoms with Gasteiger partial charge in [0.1, 0.15) is 5.75 Å². The molecule has 1 aliphatic rings. The summed E-state index contributed by atoms with van der Waals surface area (Å²) in [5, 5.41) is 12.5. The number of phenolic OH excluding ortho intramolecular Hbond substituents is 1. The Morgan fingerprint density at radius 3 is 2.62 bits per heavy atom. The normalized spacial score (nSPS) is 18.2. The maximum Gasteiger partial charge on any atom is 0.252 e. The van der Waals surface area contributed by atoms with Crippen molar-refractivity contribution in [1.82, 2.24) is 10.2 Å². The molecule has 114 valence electrons. The lowest BCUT2D eigenvalue weighted by molar-refractivity contribution is 0.0890. The molecule has 0 spiro atoms. The van der Waals surface area contributed by atoms with Crippen LogP contribution in [-0.2, 0) is 0 Å². The molecule has 0 atom stereocenters. The van der Waals surface area contributed by atoms with E-state index in [1.54, 1.807) is 0 Å². The van der Waals surface area contributed by atoms with Crippen LogP contribution in [0.15, 0.2) is 18.2 Å². The van der Waals surface area contributed by atoms with Crippen molar-refractivity contribution in [3.63, 3.8) is 0 Å². The predicted octanol–water partition coefficient (Wildman–Crippen LogP) is 1.53. The highest BCUT2D eigenvalue weighted by Gasteiger charge is 2.38. The summed E-state index contributed by atoms with van der Waals surface area (Å²) in [6, 6.07) is 4.33. The van der Waals surface area contributed by atoms with Gasteiger partial charge in [-0.1, -0.05) is 23.8 Å². The molecule has 1 aromatic carbocycles. The minimum absolute atomic E-state index is 0.0587. The fourth-order valence-corrected chi connectivity index (χ4v) is 2.81. The van der Waals surface area contributed by atoms with Gasteiger partial charge in [0.05, 0.1) is 15.6 Å². The zero-order valence-corrected chi connectivity index (χ0v) is 13.3. The Hall–Kier alpha value is -1.37. The monoisotopic (exact) mass is 327 g/mol. The number of benzene rings is 1. The number of piperidine rings is 1. The number of phenols is 1. The molecule has 1 aromatic rings. The SMILES string of the molecule is CN1CCC(NC(=O)c2ccc(O)c(Cl)c2)(C(N)=S)CC1. The first-order valence-electron chi connectivity index (χ1n) is 6.63. The number of hydrogen-bond donors (Lipinski definition) is 3. The summed E-state index contributed by atoms with van der Waals surface area (Å²) in [7, 11) is 2.02. The van der Waals surface area contributed by atoms with Gasteiger partial charge in [0, 0.05) is 18.7 Å². The van der Waals surface area contributed by atoms with Crippen molar-refractivity contribution in [2.75, 3.05) is 20.1 Å². The van der Waals surface area contributed by atoms with E-state index >= 15 is 0 Å². The van der Waals surface area contributed by atoms with E-state index in [0.29, 0.717) is 23.4 Å². The lowest BCUT2D eigenvalue weighted by Gasteiger charge is -2.40. The van der Waals surface area contributed by atoms with Gasteiger partial charge in [-0.05, 0) is 38.1 Å². The molecule has 5 nitrogen and oxygen atoms in total. The van der Waals surface area contributed by atoms with Crippen molar-refractivity contribution in [1.29, 1.82) is 0 Å². The van der Waals surface area contributed by atoms with E-state index in [-0.39, 0.29) is 16.7 Å². The predicted molar refractivity (Wildman–Crippen MR) is 86.8 cm³/mol. The van der Waals surface area contributed by atoms with Crippen LogP contribution in [0.1, 0.15) is 23.2 Å². The number of nitrogens with two attached hydrogens (primary N) is 1. The Morgan fingerprint density at radius 2 is 2.10 bits per heavy atom. The van der Waals surface area contributed by atoms with E-state index in [1.807, 2.05) is 7.05 Å². The Bertz CT molecular complexity index is 571. The third-order valence-corrected chi connectivity index (χ3v) is 4.57. The second kappa shape index (κ2) is 6.17. The average molecular weight is 328 g/mol. The van der Waals surface area contributed by atoms with Gasteiger partial charge >= 0.3 is 0 Å². The standard InChI is InChI=1S/C14H18ClN3O2S/c1-18-6-4-14(5-7-18,13(16)21)17-12(20)9-2-3-11(19)10(15)8-9/h2-3,8,19H,4-7H2,1H3,(H2,16,21)(H,17,20). The Labute approximate surface area is 134 Å². The number of rotatable bonds is 3. The summed E-state index contributed by atoms with van der Waals surface area (Å²) in [5.74, 6) is -0.356. The first-order valence-corrected chi connectivity index (χ1v) is 7.42. The van der Waals surface area contributed by atoms with Gasteiger partial charge in [-0.25, -0.2) is 0 Å². The molecule has 0 aliphatic carbocycles. The van der Waals surface area contributed by atoms with Crippen LogP contribution in [0.5, 0.6) is 5.75 Å². The molecule has 1 fully saturated rings. The van der Waals surface area contributed by atoms with Crippen molar-refractivity contribution in [3.05, 3.63) is 28.8 Å². The van der Waals surface area contributed by atoms with Gasteiger partial charge in [-0.2, -0.15) is 0 Å². The van der Waals surface area contributed by atoms with E-state index in [9.17, 15) is 9.90 Å². The molecule has 0 bridgehead atoms. The summed E-state index contributed by atoms with van der Waals surface area (Å²) in [5.41, 5.74) is 5.56. The van der Waals surface area contributed by atoms with E-state index in [0.717, 1.165) is 13.1 Å². The van der Waals surface area contributed by atoms with Gasteiger partial charge in [0.25, 0.3) is 5.91 Å². The molecule has 1 amide bonds. The summed E-state index contributed by atoms with van der Waals surface area (Å²) < 4.78 is 0. The van der Waals surface area contributed by atoms with Crippen LogP contribution < -0.4 is 11.1 Å². The van der Waals surface area contributed by atoms with Crippen molar-refractivity contribution < 1.29 is 9.90 Å². The number of hydrogen-bond acceptors (Lipinski definition) is 4. The topological polar surface area (TPSA) is 78.6 Å². The number of carbonyl (C=O) groups excluding carboxylic acids is 1. The molecule has 0 saturated carbocycles. The molecule has 1 saturated heterocycles. The van der Waals surface area contributed by atoms with E-state index in [1.165, 1.54) is 18.2 Å². The molecular weight excluding hydrogens is 310 g/mol. The van der Waals surface area contributed by atoms with Crippen LogP contribution in [0.3, 0.4) is 0 Å². The molecule has 0 radical (unpaired) electrons. The quantitative estimate of drug-likeness (QED) is 0.734. The van der Waals surface area contributed by atoms with Crippen LogP contribution in [0.4, 0.5) is 0 Å². The van der Waals surface area contributed by atoms with Crippen molar-refractivity contribution in [2.24, 2.45) is 5.73 Å². The molecular formula is C14H18ClN3O2S. The van der Waals surface area contributed by atoms with Gasteiger partial charge < -0.3 is 21.1 Å². The van der Waals surface area contributed by atoms with Crippen molar-refractivity contribution in [3.8, 4) is 5.75 Å². The molecule has 1 heterocycles. The summed E-state index contributed by atoms with van der Waals surface area (Å²) in [4.78, 5) is 14.9. The highest BCUT2D eigenvalue weighted by atomic mass is 35.5. The molecule has 7 heteroatoms. The number of nitrogens with one attached hydrogen (secondary N) is 1. The van der Waals surface area contributed by atoms with Gasteiger partial charge in [0.2, 0.25) is 0 Å². The number of amides is 1. The lowest BCUT2D eigenvalue weighted by Crippen LogP contribution is -2.61. The first kappa shape index (κ1) is 16.0. The second-order valence-electron chi connectivity index (χ2n) is 5.37. The minimum atomic E-state index is -0.663. The fourth-order valence-electron chi connectivity index (χ4n) is 2.37. The van der Waals surface area contributed by atoms with Gasteiger partial charge in [-0.3, -0.25) is 4.79 Å².